The number of nitrogens with two attached hydrogens (primary N) is 1. The van der Waals surface area contributed by atoms with Gasteiger partial charge in [0.1, 0.15) is 5.82 Å². The van der Waals surface area contributed by atoms with E-state index in [1.54, 1.807) is 0 Å². The maximum absolute atomic E-state index is 5.81. The van der Waals surface area contributed by atoms with Crippen LogP contribution in [0.2, 0.25) is 0 Å². The van der Waals surface area contributed by atoms with Crippen LogP contribution >= 0.6 is 0 Å². The predicted molar refractivity (Wildman–Crippen MR) is 80.8 cm³/mol. The van der Waals surface area contributed by atoms with Crippen LogP contribution in [0.5, 0.6) is 0 Å². The van der Waals surface area contributed by atoms with Crippen molar-refractivity contribution in [2.75, 3.05) is 31.7 Å². The lowest BCUT2D eigenvalue weighted by Gasteiger charge is -2.21. The summed E-state index contributed by atoms with van der Waals surface area (Å²) in [7, 11) is 2.04. The summed E-state index contributed by atoms with van der Waals surface area (Å²) in [6, 6.07) is 0. The average Bonchev–Trinajstić information content (AvgIpc) is 3.26. The smallest absolute Gasteiger partial charge is 0.131 e. The molecule has 1 aliphatic carbocycles. The SMILES string of the molecule is CC(C)c1ncc(N(C)CCOCC2CC2)c(CN)n1. The minimum Gasteiger partial charge on any atom is -0.379 e. The molecule has 2 N–H and O–H groups in total. The van der Waals surface area contributed by atoms with Gasteiger partial charge in [0.2, 0.25) is 0 Å². The van der Waals surface area contributed by atoms with E-state index in [2.05, 4.69) is 28.7 Å². The number of rotatable bonds is 8. The lowest BCUT2D eigenvalue weighted by atomic mass is 10.2. The number of ether oxygens (including phenoxy) is 1. The van der Waals surface area contributed by atoms with Gasteiger partial charge in [-0.25, -0.2) is 9.97 Å². The summed E-state index contributed by atoms with van der Waals surface area (Å²) in [5.74, 6) is 1.99. The van der Waals surface area contributed by atoms with E-state index in [4.69, 9.17) is 10.5 Å². The highest BCUT2D eigenvalue weighted by atomic mass is 16.5. The first kappa shape index (κ1) is 15.2. The Morgan fingerprint density at radius 1 is 1.45 bits per heavy atom. The van der Waals surface area contributed by atoms with E-state index < -0.39 is 0 Å². The largest absolute Gasteiger partial charge is 0.379 e. The predicted octanol–water partition coefficient (Wildman–Crippen LogP) is 1.92. The second kappa shape index (κ2) is 6.99. The van der Waals surface area contributed by atoms with Crippen molar-refractivity contribution in [3.8, 4) is 0 Å². The van der Waals surface area contributed by atoms with E-state index in [9.17, 15) is 0 Å². The fourth-order valence-corrected chi connectivity index (χ4v) is 2.03. The van der Waals surface area contributed by atoms with Crippen molar-refractivity contribution in [2.24, 2.45) is 11.7 Å². The minimum absolute atomic E-state index is 0.321. The van der Waals surface area contributed by atoms with Gasteiger partial charge in [-0.15, -0.1) is 0 Å². The summed E-state index contributed by atoms with van der Waals surface area (Å²) in [6.45, 7) is 7.09. The summed E-state index contributed by atoms with van der Waals surface area (Å²) in [4.78, 5) is 11.1. The summed E-state index contributed by atoms with van der Waals surface area (Å²) >= 11 is 0. The molecular formula is C15H26N4O. The summed E-state index contributed by atoms with van der Waals surface area (Å²) in [6.07, 6.45) is 4.54. The Labute approximate surface area is 121 Å². The van der Waals surface area contributed by atoms with Gasteiger partial charge in [0, 0.05) is 32.7 Å². The molecule has 5 nitrogen and oxygen atoms in total. The van der Waals surface area contributed by atoms with Crippen molar-refractivity contribution in [3.05, 3.63) is 17.7 Å². The van der Waals surface area contributed by atoms with Crippen LogP contribution in [0.25, 0.3) is 0 Å². The van der Waals surface area contributed by atoms with Crippen LogP contribution in [0.1, 0.15) is 44.1 Å². The molecular weight excluding hydrogens is 252 g/mol. The minimum atomic E-state index is 0.321. The Morgan fingerprint density at radius 2 is 2.20 bits per heavy atom. The zero-order valence-corrected chi connectivity index (χ0v) is 12.8. The molecule has 1 aliphatic rings. The van der Waals surface area contributed by atoms with Gasteiger partial charge in [0.25, 0.3) is 0 Å². The van der Waals surface area contributed by atoms with E-state index in [1.165, 1.54) is 12.8 Å². The molecule has 1 fully saturated rings. The molecule has 2 rings (SSSR count). The fraction of sp³-hybridized carbons (Fsp3) is 0.733. The van der Waals surface area contributed by atoms with E-state index in [1.807, 2.05) is 13.2 Å². The van der Waals surface area contributed by atoms with Gasteiger partial charge in [0.05, 0.1) is 24.2 Å². The van der Waals surface area contributed by atoms with E-state index >= 15 is 0 Å². The lowest BCUT2D eigenvalue weighted by molar-refractivity contribution is 0.131. The third-order valence-electron chi connectivity index (χ3n) is 3.61. The van der Waals surface area contributed by atoms with Crippen molar-refractivity contribution >= 4 is 5.69 Å². The number of anilines is 1. The molecule has 0 aromatic carbocycles. The number of hydrogen-bond acceptors (Lipinski definition) is 5. The van der Waals surface area contributed by atoms with Gasteiger partial charge >= 0.3 is 0 Å². The zero-order chi connectivity index (χ0) is 14.5. The third kappa shape index (κ3) is 4.15. The van der Waals surface area contributed by atoms with Crippen LogP contribution in [-0.4, -0.2) is 36.8 Å². The molecule has 0 aliphatic heterocycles. The summed E-state index contributed by atoms with van der Waals surface area (Å²) in [5, 5.41) is 0. The highest BCUT2D eigenvalue weighted by Crippen LogP contribution is 2.28. The van der Waals surface area contributed by atoms with Crippen molar-refractivity contribution in [1.82, 2.24) is 9.97 Å². The van der Waals surface area contributed by atoms with Gasteiger partial charge in [-0.3, -0.25) is 0 Å². The molecule has 0 saturated heterocycles. The first-order valence-corrected chi connectivity index (χ1v) is 7.46. The van der Waals surface area contributed by atoms with E-state index in [0.717, 1.165) is 42.9 Å². The molecule has 1 aromatic rings. The molecule has 5 heteroatoms. The molecule has 0 atom stereocenters. The molecule has 112 valence electrons. The monoisotopic (exact) mass is 278 g/mol. The standard InChI is InChI=1S/C15H26N4O/c1-11(2)15-17-9-14(13(8-16)18-15)19(3)6-7-20-10-12-4-5-12/h9,11-12H,4-8,10,16H2,1-3H3. The Morgan fingerprint density at radius 3 is 2.80 bits per heavy atom. The van der Waals surface area contributed by atoms with Gasteiger partial charge in [-0.05, 0) is 18.8 Å². The van der Waals surface area contributed by atoms with E-state index in [-0.39, 0.29) is 0 Å². The molecule has 1 aromatic heterocycles. The van der Waals surface area contributed by atoms with E-state index in [0.29, 0.717) is 12.5 Å². The van der Waals surface area contributed by atoms with Gasteiger partial charge in [-0.1, -0.05) is 13.8 Å². The second-order valence-corrected chi connectivity index (χ2v) is 5.86. The van der Waals surface area contributed by atoms with Crippen LogP contribution in [0.3, 0.4) is 0 Å². The Hall–Kier alpha value is -1.20. The van der Waals surface area contributed by atoms with Crippen LogP contribution < -0.4 is 10.6 Å². The van der Waals surface area contributed by atoms with Crippen LogP contribution in [0.15, 0.2) is 6.20 Å². The van der Waals surface area contributed by atoms with Crippen LogP contribution in [-0.2, 0) is 11.3 Å². The molecule has 1 saturated carbocycles. The fourth-order valence-electron chi connectivity index (χ4n) is 2.03. The van der Waals surface area contributed by atoms with Gasteiger partial charge in [-0.2, -0.15) is 0 Å². The number of aromatic nitrogens is 2. The Bertz CT molecular complexity index is 432. The summed E-state index contributed by atoms with van der Waals surface area (Å²) < 4.78 is 5.67. The van der Waals surface area contributed by atoms with Gasteiger partial charge in [0.15, 0.2) is 0 Å². The van der Waals surface area contributed by atoms with Crippen molar-refractivity contribution in [2.45, 2.75) is 39.2 Å². The number of hydrogen-bond donors (Lipinski definition) is 1. The first-order valence-electron chi connectivity index (χ1n) is 7.46. The Kier molecular flexibility index (Phi) is 5.31. The van der Waals surface area contributed by atoms with Crippen molar-refractivity contribution < 1.29 is 4.74 Å². The summed E-state index contributed by atoms with van der Waals surface area (Å²) in [5.41, 5.74) is 7.73. The average molecular weight is 278 g/mol. The van der Waals surface area contributed by atoms with Crippen molar-refractivity contribution in [1.29, 1.82) is 0 Å². The van der Waals surface area contributed by atoms with Gasteiger partial charge < -0.3 is 15.4 Å². The maximum Gasteiger partial charge on any atom is 0.131 e. The quantitative estimate of drug-likeness (QED) is 0.736. The molecule has 0 unspecified atom stereocenters. The molecule has 1 heterocycles. The van der Waals surface area contributed by atoms with Crippen LogP contribution in [0.4, 0.5) is 5.69 Å². The molecule has 0 amide bonds. The Balaban J connectivity index is 1.91. The molecule has 0 bridgehead atoms. The lowest BCUT2D eigenvalue weighted by Crippen LogP contribution is -2.25. The maximum atomic E-state index is 5.81. The third-order valence-corrected chi connectivity index (χ3v) is 3.61. The first-order chi connectivity index (χ1) is 9.61. The second-order valence-electron chi connectivity index (χ2n) is 5.86. The molecule has 0 radical (unpaired) electrons. The highest BCUT2D eigenvalue weighted by Gasteiger charge is 2.21. The van der Waals surface area contributed by atoms with Crippen LogP contribution in [0, 0.1) is 5.92 Å². The molecule has 20 heavy (non-hydrogen) atoms. The van der Waals surface area contributed by atoms with Crippen molar-refractivity contribution in [3.63, 3.8) is 0 Å². The number of nitrogens with zero attached hydrogens (tertiary/aromatic N) is 3. The number of likely N-dealkylation sites (N-methyl/N-ethyl adjacent to an activating group) is 1. The normalized spacial score (nSPS) is 14.8. The topological polar surface area (TPSA) is 64.3 Å². The zero-order valence-electron chi connectivity index (χ0n) is 12.8. The molecule has 0 spiro atoms. The highest BCUT2D eigenvalue weighted by molar-refractivity contribution is 5.48.